The van der Waals surface area contributed by atoms with E-state index < -0.39 is 10.0 Å². The van der Waals surface area contributed by atoms with Gasteiger partial charge in [-0.25, -0.2) is 13.1 Å². The fourth-order valence-corrected chi connectivity index (χ4v) is 3.78. The van der Waals surface area contributed by atoms with Crippen LogP contribution in [0.4, 0.5) is 0 Å². The van der Waals surface area contributed by atoms with Crippen LogP contribution in [0.3, 0.4) is 0 Å². The fourth-order valence-electron chi connectivity index (χ4n) is 1.23. The van der Waals surface area contributed by atoms with Gasteiger partial charge in [-0.2, -0.15) is 11.8 Å². The normalized spacial score (nSPS) is 11.7. The second-order valence-electron chi connectivity index (χ2n) is 3.54. The Kier molecular flexibility index (Phi) is 7.25. The van der Waals surface area contributed by atoms with Crippen molar-refractivity contribution in [2.24, 2.45) is 0 Å². The third kappa shape index (κ3) is 5.71. The van der Waals surface area contributed by atoms with Crippen LogP contribution < -0.4 is 4.72 Å². The van der Waals surface area contributed by atoms with Gasteiger partial charge >= 0.3 is 0 Å². The van der Waals surface area contributed by atoms with Gasteiger partial charge in [-0.3, -0.25) is 0 Å². The number of nitrogens with one attached hydrogen (secondary N) is 1. The Labute approximate surface area is 120 Å². The summed E-state index contributed by atoms with van der Waals surface area (Å²) in [5.74, 6) is 1.54. The Morgan fingerprint density at radius 1 is 1.33 bits per heavy atom. The van der Waals surface area contributed by atoms with E-state index in [-0.39, 0.29) is 11.5 Å². The molecule has 0 aromatic heterocycles. The Hall–Kier alpha value is -0.0800. The summed E-state index contributed by atoms with van der Waals surface area (Å²) in [7, 11) is -3.42. The summed E-state index contributed by atoms with van der Waals surface area (Å²) in [4.78, 5) is 0.261. The molecule has 1 aromatic carbocycles. The molecule has 0 saturated heterocycles. The number of halogens is 1. The molecule has 0 radical (unpaired) electrons. The van der Waals surface area contributed by atoms with Crippen LogP contribution in [0.2, 0.25) is 0 Å². The van der Waals surface area contributed by atoms with Crippen molar-refractivity contribution in [1.29, 1.82) is 0 Å². The van der Waals surface area contributed by atoms with Gasteiger partial charge in [0.15, 0.2) is 0 Å². The molecule has 0 bridgehead atoms. The van der Waals surface area contributed by atoms with Crippen LogP contribution in [0, 0.1) is 0 Å². The first kappa shape index (κ1) is 16.0. The van der Waals surface area contributed by atoms with Crippen LogP contribution in [-0.2, 0) is 10.0 Å². The predicted octanol–water partition coefficient (Wildman–Crippen LogP) is 1.84. The first-order valence-corrected chi connectivity index (χ1v) is 8.93. The molecule has 0 aliphatic heterocycles. The van der Waals surface area contributed by atoms with E-state index in [1.54, 1.807) is 36.0 Å². The molecule has 0 aliphatic rings. The third-order valence-corrected chi connectivity index (χ3v) is 5.11. The molecule has 0 spiro atoms. The smallest absolute Gasteiger partial charge is 0.240 e. The van der Waals surface area contributed by atoms with Gasteiger partial charge in [0.25, 0.3) is 0 Å². The second kappa shape index (κ2) is 8.16. The van der Waals surface area contributed by atoms with E-state index in [2.05, 4.69) is 20.7 Å². The van der Waals surface area contributed by atoms with Crippen molar-refractivity contribution < 1.29 is 13.5 Å². The summed E-state index contributed by atoms with van der Waals surface area (Å²) in [5.41, 5.74) is 0. The molecular weight excluding hydrogens is 338 g/mol. The third-order valence-electron chi connectivity index (χ3n) is 2.09. The van der Waals surface area contributed by atoms with Crippen LogP contribution in [0.25, 0.3) is 0 Å². The minimum Gasteiger partial charge on any atom is -0.396 e. The van der Waals surface area contributed by atoms with Gasteiger partial charge in [0, 0.05) is 23.4 Å². The molecule has 1 aromatic rings. The van der Waals surface area contributed by atoms with Gasteiger partial charge in [-0.05, 0) is 30.4 Å². The molecule has 0 amide bonds. The average molecular weight is 354 g/mol. The first-order chi connectivity index (χ1) is 8.56. The molecule has 0 heterocycles. The lowest BCUT2D eigenvalue weighted by atomic mass is 10.4. The maximum Gasteiger partial charge on any atom is 0.240 e. The van der Waals surface area contributed by atoms with Gasteiger partial charge < -0.3 is 5.11 Å². The quantitative estimate of drug-likeness (QED) is 0.700. The number of aliphatic hydroxyl groups excluding tert-OH is 1. The maximum atomic E-state index is 11.9. The van der Waals surface area contributed by atoms with Crippen LogP contribution in [0.15, 0.2) is 33.6 Å². The Morgan fingerprint density at radius 2 is 2.11 bits per heavy atom. The molecule has 102 valence electrons. The monoisotopic (exact) mass is 353 g/mol. The predicted molar refractivity (Wildman–Crippen MR) is 78.4 cm³/mol. The number of hydrogen-bond acceptors (Lipinski definition) is 4. The number of rotatable bonds is 8. The van der Waals surface area contributed by atoms with E-state index in [4.69, 9.17) is 5.11 Å². The van der Waals surface area contributed by atoms with Crippen molar-refractivity contribution in [1.82, 2.24) is 4.72 Å². The molecule has 0 unspecified atom stereocenters. The van der Waals surface area contributed by atoms with Crippen molar-refractivity contribution >= 4 is 37.7 Å². The second-order valence-corrected chi connectivity index (χ2v) is 7.45. The van der Waals surface area contributed by atoms with E-state index in [1.165, 1.54) is 0 Å². The Balaban J connectivity index is 2.41. The zero-order valence-corrected chi connectivity index (χ0v) is 13.0. The molecular formula is C11H16BrNO3S2. The molecule has 7 heteroatoms. The highest BCUT2D eigenvalue weighted by molar-refractivity contribution is 9.10. The van der Waals surface area contributed by atoms with Gasteiger partial charge in [0.05, 0.1) is 4.90 Å². The van der Waals surface area contributed by atoms with Crippen molar-refractivity contribution in [3.63, 3.8) is 0 Å². The van der Waals surface area contributed by atoms with Crippen LogP contribution in [0.5, 0.6) is 0 Å². The zero-order chi connectivity index (χ0) is 13.4. The van der Waals surface area contributed by atoms with E-state index in [0.29, 0.717) is 12.3 Å². The summed E-state index contributed by atoms with van der Waals surface area (Å²) in [5, 5.41) is 8.60. The summed E-state index contributed by atoms with van der Waals surface area (Å²) in [6, 6.07) is 6.60. The molecule has 0 fully saturated rings. The SMILES string of the molecule is O=S(=O)(NCCSCCCO)c1cccc(Br)c1. The number of benzene rings is 1. The molecule has 0 saturated carbocycles. The van der Waals surface area contributed by atoms with E-state index >= 15 is 0 Å². The number of sulfonamides is 1. The minimum absolute atomic E-state index is 0.177. The molecule has 2 N–H and O–H groups in total. The highest BCUT2D eigenvalue weighted by Crippen LogP contribution is 2.15. The summed E-state index contributed by atoms with van der Waals surface area (Å²) >= 11 is 4.87. The van der Waals surface area contributed by atoms with Crippen LogP contribution in [-0.4, -0.2) is 38.2 Å². The van der Waals surface area contributed by atoms with E-state index in [0.717, 1.165) is 16.6 Å². The van der Waals surface area contributed by atoms with Crippen molar-refractivity contribution in [2.75, 3.05) is 24.7 Å². The van der Waals surface area contributed by atoms with Crippen molar-refractivity contribution in [3.8, 4) is 0 Å². The largest absolute Gasteiger partial charge is 0.396 e. The van der Waals surface area contributed by atoms with Gasteiger partial charge in [0.1, 0.15) is 0 Å². The average Bonchev–Trinajstić information content (AvgIpc) is 2.33. The Bertz CT molecular complexity index is 465. The van der Waals surface area contributed by atoms with Crippen molar-refractivity contribution in [3.05, 3.63) is 28.7 Å². The van der Waals surface area contributed by atoms with Crippen LogP contribution in [0.1, 0.15) is 6.42 Å². The lowest BCUT2D eigenvalue weighted by Crippen LogP contribution is -2.26. The molecule has 1 rings (SSSR count). The first-order valence-electron chi connectivity index (χ1n) is 5.50. The van der Waals surface area contributed by atoms with Gasteiger partial charge in [-0.1, -0.05) is 22.0 Å². The molecule has 0 aliphatic carbocycles. The van der Waals surface area contributed by atoms with Gasteiger partial charge in [0.2, 0.25) is 10.0 Å². The maximum absolute atomic E-state index is 11.9. The number of hydrogen-bond donors (Lipinski definition) is 2. The molecule has 4 nitrogen and oxygen atoms in total. The standard InChI is InChI=1S/C11H16BrNO3S2/c12-10-3-1-4-11(9-10)18(15,16)13-5-8-17-7-2-6-14/h1,3-4,9,13-14H,2,5-8H2. The van der Waals surface area contributed by atoms with E-state index in [1.807, 2.05) is 0 Å². The summed E-state index contributed by atoms with van der Waals surface area (Å²) < 4.78 is 27.1. The topological polar surface area (TPSA) is 66.4 Å². The molecule has 0 atom stereocenters. The summed E-state index contributed by atoms with van der Waals surface area (Å²) in [6.07, 6.45) is 0.739. The van der Waals surface area contributed by atoms with E-state index in [9.17, 15) is 8.42 Å². The summed E-state index contributed by atoms with van der Waals surface area (Å²) in [6.45, 7) is 0.571. The lowest BCUT2D eigenvalue weighted by Gasteiger charge is -2.06. The highest BCUT2D eigenvalue weighted by Gasteiger charge is 2.12. The highest BCUT2D eigenvalue weighted by atomic mass is 79.9. The zero-order valence-electron chi connectivity index (χ0n) is 9.80. The number of thioether (sulfide) groups is 1. The number of aliphatic hydroxyl groups is 1. The molecule has 18 heavy (non-hydrogen) atoms. The minimum atomic E-state index is -3.42. The fraction of sp³-hybridized carbons (Fsp3) is 0.455. The van der Waals surface area contributed by atoms with Crippen molar-refractivity contribution in [2.45, 2.75) is 11.3 Å². The lowest BCUT2D eigenvalue weighted by molar-refractivity contribution is 0.296. The van der Waals surface area contributed by atoms with Crippen LogP contribution >= 0.6 is 27.7 Å². The van der Waals surface area contributed by atoms with Gasteiger partial charge in [-0.15, -0.1) is 0 Å². The Morgan fingerprint density at radius 3 is 2.78 bits per heavy atom.